The predicted molar refractivity (Wildman–Crippen MR) is 125 cm³/mol. The molecule has 6 nitrogen and oxygen atoms in total. The fraction of sp³-hybridized carbons (Fsp3) is 0.333. The normalized spacial score (nSPS) is 13.1. The number of nitrogens with zero attached hydrogens (tertiary/aromatic N) is 4. The number of carbonyl (C=O) groups excluding carboxylic acids is 1. The second-order valence-electron chi connectivity index (χ2n) is 9.07. The van der Waals surface area contributed by atoms with E-state index in [9.17, 15) is 31.1 Å². The summed E-state index contributed by atoms with van der Waals surface area (Å²) in [5.41, 5.74) is -3.00. The van der Waals surface area contributed by atoms with Gasteiger partial charge in [0, 0.05) is 18.0 Å². The van der Waals surface area contributed by atoms with Crippen LogP contribution >= 0.6 is 0 Å². The molecular weight excluding hydrogens is 518 g/mol. The molecule has 37 heavy (non-hydrogen) atoms. The molecule has 0 saturated carbocycles. The zero-order valence-electron chi connectivity index (χ0n) is 20.2. The van der Waals surface area contributed by atoms with Gasteiger partial charge in [-0.25, -0.2) is 4.68 Å². The second kappa shape index (κ2) is 10.5. The van der Waals surface area contributed by atoms with Crippen molar-refractivity contribution in [3.63, 3.8) is 0 Å². The number of halogens is 6. The largest absolute Gasteiger partial charge is 0.416 e. The van der Waals surface area contributed by atoms with Crippen LogP contribution in [0, 0.1) is 11.8 Å². The molecule has 0 fully saturated rings. The quantitative estimate of drug-likeness (QED) is 0.129. The molecule has 0 aliphatic carbocycles. The second-order valence-corrected chi connectivity index (χ2v) is 13.5. The van der Waals surface area contributed by atoms with Crippen molar-refractivity contribution in [3.8, 4) is 23.1 Å². The fourth-order valence-electron chi connectivity index (χ4n) is 3.44. The monoisotopic (exact) mass is 540 g/mol. The number of Topliss-reactive ketones (excluding diaryl/α,β-unsaturated/α-hetero) is 1. The number of alkyl halides is 6. The summed E-state index contributed by atoms with van der Waals surface area (Å²) < 4.78 is 86.7. The summed E-state index contributed by atoms with van der Waals surface area (Å²) in [5.74, 6) is 4.41. The van der Waals surface area contributed by atoms with Gasteiger partial charge >= 0.3 is 12.4 Å². The third-order valence-electron chi connectivity index (χ3n) is 4.80. The Morgan fingerprint density at radius 3 is 2.11 bits per heavy atom. The van der Waals surface area contributed by atoms with Gasteiger partial charge in [0.25, 0.3) is 5.78 Å². The van der Waals surface area contributed by atoms with Crippen molar-refractivity contribution in [1.29, 1.82) is 0 Å². The number of carbonyl (C=O) groups is 1. The molecule has 1 aromatic carbocycles. The number of ketones is 1. The van der Waals surface area contributed by atoms with Crippen molar-refractivity contribution >= 4 is 14.1 Å². The van der Waals surface area contributed by atoms with E-state index >= 15 is 0 Å². The predicted octanol–water partition coefficient (Wildman–Crippen LogP) is 5.85. The fourth-order valence-corrected chi connectivity index (χ4v) is 4.56. The van der Waals surface area contributed by atoms with Crippen LogP contribution in [0.25, 0.3) is 11.3 Å². The molecule has 1 unspecified atom stereocenters. The minimum Gasteiger partial charge on any atom is -0.404 e. The number of hydrogen-bond acceptors (Lipinski definition) is 5. The molecule has 196 valence electrons. The molecule has 1 atom stereocenters. The van der Waals surface area contributed by atoms with Crippen LogP contribution in [-0.2, 0) is 23.3 Å². The lowest BCUT2D eigenvalue weighted by Crippen LogP contribution is -2.29. The van der Waals surface area contributed by atoms with E-state index in [1.807, 2.05) is 19.6 Å². The van der Waals surface area contributed by atoms with Crippen LogP contribution in [0.1, 0.15) is 34.1 Å². The molecule has 0 radical (unpaired) electrons. The van der Waals surface area contributed by atoms with Crippen LogP contribution in [0.2, 0.25) is 19.6 Å². The van der Waals surface area contributed by atoms with Gasteiger partial charge in [-0.3, -0.25) is 9.78 Å². The van der Waals surface area contributed by atoms with Crippen LogP contribution < -0.4 is 0 Å². The summed E-state index contributed by atoms with van der Waals surface area (Å²) in [6.45, 7) is 7.03. The van der Waals surface area contributed by atoms with E-state index in [2.05, 4.69) is 27.1 Å². The van der Waals surface area contributed by atoms with Gasteiger partial charge in [0.05, 0.1) is 17.7 Å². The lowest BCUT2D eigenvalue weighted by atomic mass is 10.0. The van der Waals surface area contributed by atoms with Gasteiger partial charge < -0.3 is 4.43 Å². The molecule has 0 amide bonds. The van der Waals surface area contributed by atoms with E-state index in [0.717, 1.165) is 4.68 Å². The topological polar surface area (TPSA) is 69.9 Å². The summed E-state index contributed by atoms with van der Waals surface area (Å²) in [7, 11) is -1.92. The SMILES string of the molecule is CC(C#CC(=O)c1nnn(Cc2cc(C(F)(F)F)cc(C(F)(F)F)c2)c1-c1ccncc1)O[Si](C)(C)C. The Morgan fingerprint density at radius 2 is 1.59 bits per heavy atom. The molecule has 3 rings (SSSR count). The van der Waals surface area contributed by atoms with E-state index in [0.29, 0.717) is 17.7 Å². The number of hydrogen-bond donors (Lipinski definition) is 0. The Labute approximate surface area is 209 Å². The first kappa shape index (κ1) is 28.1. The molecule has 2 aromatic heterocycles. The maximum Gasteiger partial charge on any atom is 0.416 e. The van der Waals surface area contributed by atoms with Gasteiger partial charge in [0.2, 0.25) is 0 Å². The van der Waals surface area contributed by atoms with Crippen molar-refractivity contribution in [1.82, 2.24) is 20.0 Å². The van der Waals surface area contributed by atoms with Gasteiger partial charge in [-0.2, -0.15) is 26.3 Å². The summed E-state index contributed by atoms with van der Waals surface area (Å²) in [6, 6.07) is 4.25. The van der Waals surface area contributed by atoms with Crippen molar-refractivity contribution in [2.45, 2.75) is 51.6 Å². The van der Waals surface area contributed by atoms with Crippen LogP contribution in [0.4, 0.5) is 26.3 Å². The zero-order valence-corrected chi connectivity index (χ0v) is 21.2. The van der Waals surface area contributed by atoms with Crippen molar-refractivity contribution in [2.24, 2.45) is 0 Å². The molecule has 13 heteroatoms. The van der Waals surface area contributed by atoms with Gasteiger partial charge in [-0.05, 0) is 68.4 Å². The highest BCUT2D eigenvalue weighted by molar-refractivity contribution is 6.69. The van der Waals surface area contributed by atoms with E-state index in [1.54, 1.807) is 6.92 Å². The van der Waals surface area contributed by atoms with Crippen molar-refractivity contribution in [3.05, 3.63) is 65.1 Å². The third-order valence-corrected chi connectivity index (χ3v) is 5.86. The summed E-state index contributed by atoms with van der Waals surface area (Å²) >= 11 is 0. The molecule has 0 N–H and O–H groups in total. The van der Waals surface area contributed by atoms with Crippen LogP contribution in [0.5, 0.6) is 0 Å². The highest BCUT2D eigenvalue weighted by atomic mass is 28.4. The summed E-state index contributed by atoms with van der Waals surface area (Å²) in [4.78, 5) is 16.8. The lowest BCUT2D eigenvalue weighted by molar-refractivity contribution is -0.143. The van der Waals surface area contributed by atoms with Crippen molar-refractivity contribution < 1.29 is 35.6 Å². The minimum atomic E-state index is -5.00. The van der Waals surface area contributed by atoms with E-state index in [-0.39, 0.29) is 23.0 Å². The third kappa shape index (κ3) is 7.50. The molecule has 0 spiro atoms. The summed E-state index contributed by atoms with van der Waals surface area (Å²) in [6.07, 6.45) is -7.73. The van der Waals surface area contributed by atoms with Crippen molar-refractivity contribution in [2.75, 3.05) is 0 Å². The smallest absolute Gasteiger partial charge is 0.404 e. The van der Waals surface area contributed by atoms with Crippen LogP contribution in [0.3, 0.4) is 0 Å². The Kier molecular flexibility index (Phi) is 7.94. The zero-order chi connectivity index (χ0) is 27.6. The Balaban J connectivity index is 2.06. The molecule has 0 saturated heterocycles. The van der Waals surface area contributed by atoms with E-state index < -0.39 is 50.2 Å². The maximum absolute atomic E-state index is 13.3. The van der Waals surface area contributed by atoms with Gasteiger partial charge in [-0.1, -0.05) is 11.1 Å². The molecule has 0 bridgehead atoms. The number of rotatable bonds is 6. The first-order chi connectivity index (χ1) is 17.0. The average Bonchev–Trinajstić information content (AvgIpc) is 3.19. The molecular formula is C24H22F6N4O2Si. The van der Waals surface area contributed by atoms with Gasteiger partial charge in [0.1, 0.15) is 11.8 Å². The molecule has 3 aromatic rings. The van der Waals surface area contributed by atoms with Gasteiger partial charge in [-0.15, -0.1) is 5.10 Å². The minimum absolute atomic E-state index is 0.0445. The number of aromatic nitrogens is 4. The highest BCUT2D eigenvalue weighted by Gasteiger charge is 2.37. The Bertz CT molecular complexity index is 1300. The maximum atomic E-state index is 13.3. The standard InChI is InChI=1S/C24H22F6N4O2Si/c1-15(36-37(2,3)4)5-6-20(35)21-22(17-7-9-31-10-8-17)34(33-32-21)14-16-11-18(23(25,26)27)13-19(12-16)24(28,29)30/h7-13,15H,14H2,1-4H3. The first-order valence-corrected chi connectivity index (χ1v) is 14.3. The number of pyridine rings is 1. The van der Waals surface area contributed by atoms with E-state index in [1.165, 1.54) is 24.5 Å². The van der Waals surface area contributed by atoms with Crippen LogP contribution in [0.15, 0.2) is 42.7 Å². The lowest BCUT2D eigenvalue weighted by Gasteiger charge is -2.19. The molecule has 2 heterocycles. The van der Waals surface area contributed by atoms with Gasteiger partial charge in [0.15, 0.2) is 14.0 Å². The van der Waals surface area contributed by atoms with E-state index in [4.69, 9.17) is 4.43 Å². The molecule has 0 aliphatic rings. The Hall–Kier alpha value is -3.50. The Morgan fingerprint density at radius 1 is 1.03 bits per heavy atom. The molecule has 0 aliphatic heterocycles. The summed E-state index contributed by atoms with van der Waals surface area (Å²) in [5, 5.41) is 7.70. The highest BCUT2D eigenvalue weighted by Crippen LogP contribution is 2.36. The van der Waals surface area contributed by atoms with Crippen LogP contribution in [-0.4, -0.2) is 40.2 Å². The average molecular weight is 541 g/mol. The first-order valence-electron chi connectivity index (χ1n) is 10.9. The number of benzene rings is 1.